The van der Waals surface area contributed by atoms with E-state index < -0.39 is 6.04 Å². The Hall–Kier alpha value is -2.10. The van der Waals surface area contributed by atoms with E-state index in [1.54, 1.807) is 11.0 Å². The van der Waals surface area contributed by atoms with Gasteiger partial charge in [-0.15, -0.1) is 0 Å². The predicted octanol–water partition coefficient (Wildman–Crippen LogP) is 2.17. The Bertz CT molecular complexity index is 536. The van der Waals surface area contributed by atoms with Crippen molar-refractivity contribution in [3.63, 3.8) is 0 Å². The third kappa shape index (κ3) is 3.07. The molecule has 1 unspecified atom stereocenters. The van der Waals surface area contributed by atoms with Crippen molar-refractivity contribution < 1.29 is 14.3 Å². The molecule has 0 bridgehead atoms. The van der Waals surface area contributed by atoms with Crippen LogP contribution in [0.15, 0.2) is 30.3 Å². The number of hydrogen-bond acceptors (Lipinski definition) is 3. The molecule has 1 aromatic carbocycles. The summed E-state index contributed by atoms with van der Waals surface area (Å²) in [5.41, 5.74) is 2.12. The summed E-state index contributed by atoms with van der Waals surface area (Å²) in [4.78, 5) is 25.4. The van der Waals surface area contributed by atoms with E-state index in [-0.39, 0.29) is 11.9 Å². The number of aryl methyl sites for hydroxylation is 1. The van der Waals surface area contributed by atoms with E-state index in [0.29, 0.717) is 13.0 Å². The lowest BCUT2D eigenvalue weighted by atomic mass is 10.1. The number of nitrogens with zero attached hydrogens (tertiary/aromatic N) is 1. The molecule has 1 heterocycles. The third-order valence-electron chi connectivity index (χ3n) is 3.60. The van der Waals surface area contributed by atoms with Crippen LogP contribution in [0, 0.1) is 6.92 Å². The van der Waals surface area contributed by atoms with Crippen molar-refractivity contribution in [3.05, 3.63) is 41.5 Å². The van der Waals surface area contributed by atoms with Gasteiger partial charge in [-0.3, -0.25) is 4.79 Å². The Morgan fingerprint density at radius 2 is 2.10 bits per heavy atom. The monoisotopic (exact) mass is 273 g/mol. The zero-order chi connectivity index (χ0) is 14.5. The summed E-state index contributed by atoms with van der Waals surface area (Å²) in [6.45, 7) is 2.61. The number of ether oxygens (including phenoxy) is 1. The Kier molecular flexibility index (Phi) is 4.56. The van der Waals surface area contributed by atoms with Gasteiger partial charge in [0.25, 0.3) is 0 Å². The first-order chi connectivity index (χ1) is 9.63. The molecule has 0 spiro atoms. The second-order valence-corrected chi connectivity index (χ2v) is 4.90. The van der Waals surface area contributed by atoms with E-state index in [9.17, 15) is 9.59 Å². The maximum Gasteiger partial charge on any atom is 0.328 e. The van der Waals surface area contributed by atoms with E-state index in [4.69, 9.17) is 4.74 Å². The summed E-state index contributed by atoms with van der Waals surface area (Å²) in [6.07, 6.45) is 4.84. The second kappa shape index (κ2) is 6.37. The summed E-state index contributed by atoms with van der Waals surface area (Å²) in [6, 6.07) is 7.42. The van der Waals surface area contributed by atoms with E-state index in [2.05, 4.69) is 0 Å². The molecule has 1 fully saturated rings. The molecule has 1 amide bonds. The van der Waals surface area contributed by atoms with Crippen molar-refractivity contribution in [1.82, 2.24) is 4.90 Å². The first-order valence-electron chi connectivity index (χ1n) is 6.75. The molecule has 2 rings (SSSR count). The minimum Gasteiger partial charge on any atom is -0.467 e. The molecule has 1 aromatic rings. The Morgan fingerprint density at radius 3 is 2.80 bits per heavy atom. The molecule has 1 aliphatic rings. The van der Waals surface area contributed by atoms with Crippen LogP contribution in [0.2, 0.25) is 0 Å². The van der Waals surface area contributed by atoms with Gasteiger partial charge in [0.1, 0.15) is 6.04 Å². The third-order valence-corrected chi connectivity index (χ3v) is 3.60. The van der Waals surface area contributed by atoms with Gasteiger partial charge in [0.05, 0.1) is 7.11 Å². The van der Waals surface area contributed by atoms with Crippen molar-refractivity contribution in [1.29, 1.82) is 0 Å². The molecule has 4 nitrogen and oxygen atoms in total. The first-order valence-corrected chi connectivity index (χ1v) is 6.75. The molecule has 1 saturated heterocycles. The number of hydrogen-bond donors (Lipinski definition) is 0. The average molecular weight is 273 g/mol. The summed E-state index contributed by atoms with van der Waals surface area (Å²) >= 11 is 0. The SMILES string of the molecule is COC(=O)C1CCCN1C(=O)/C=C/c1ccccc1C. The van der Waals surface area contributed by atoms with Crippen LogP contribution < -0.4 is 0 Å². The molecular weight excluding hydrogens is 254 g/mol. The molecule has 20 heavy (non-hydrogen) atoms. The average Bonchev–Trinajstić information content (AvgIpc) is 2.94. The van der Waals surface area contributed by atoms with Crippen molar-refractivity contribution in [2.75, 3.05) is 13.7 Å². The number of carbonyl (C=O) groups excluding carboxylic acids is 2. The number of amides is 1. The van der Waals surface area contributed by atoms with Gasteiger partial charge in [-0.25, -0.2) is 4.79 Å². The highest BCUT2D eigenvalue weighted by Crippen LogP contribution is 2.19. The first kappa shape index (κ1) is 14.3. The standard InChI is InChI=1S/C16H19NO3/c1-12-6-3-4-7-13(12)9-10-15(18)17-11-5-8-14(17)16(19)20-2/h3-4,6-7,9-10,14H,5,8,11H2,1-2H3/b10-9+. The van der Waals surface area contributed by atoms with Gasteiger partial charge in [-0.05, 0) is 37.0 Å². The fourth-order valence-electron chi connectivity index (χ4n) is 2.44. The Balaban J connectivity index is 2.08. The van der Waals surface area contributed by atoms with Crippen LogP contribution in [-0.4, -0.2) is 36.5 Å². The van der Waals surface area contributed by atoms with Gasteiger partial charge in [0.2, 0.25) is 5.91 Å². The zero-order valence-electron chi connectivity index (χ0n) is 11.8. The molecule has 1 atom stereocenters. The smallest absolute Gasteiger partial charge is 0.328 e. The minimum atomic E-state index is -0.436. The molecule has 0 aliphatic carbocycles. The second-order valence-electron chi connectivity index (χ2n) is 4.90. The number of methoxy groups -OCH3 is 1. The molecular formula is C16H19NO3. The van der Waals surface area contributed by atoms with Crippen LogP contribution in [0.3, 0.4) is 0 Å². The lowest BCUT2D eigenvalue weighted by Gasteiger charge is -2.20. The van der Waals surface area contributed by atoms with E-state index in [1.165, 1.54) is 13.2 Å². The van der Waals surface area contributed by atoms with Gasteiger partial charge in [-0.1, -0.05) is 24.3 Å². The Morgan fingerprint density at radius 1 is 1.35 bits per heavy atom. The van der Waals surface area contributed by atoms with Crippen LogP contribution in [-0.2, 0) is 14.3 Å². The van der Waals surface area contributed by atoms with Crippen molar-refractivity contribution in [2.45, 2.75) is 25.8 Å². The number of benzene rings is 1. The highest BCUT2D eigenvalue weighted by atomic mass is 16.5. The molecule has 0 radical (unpaired) electrons. The largest absolute Gasteiger partial charge is 0.467 e. The van der Waals surface area contributed by atoms with Crippen LogP contribution in [0.5, 0.6) is 0 Å². The molecule has 1 aliphatic heterocycles. The molecule has 106 valence electrons. The topological polar surface area (TPSA) is 46.6 Å². The highest BCUT2D eigenvalue weighted by Gasteiger charge is 2.33. The molecule has 0 aromatic heterocycles. The normalized spacial score (nSPS) is 18.5. The number of esters is 1. The van der Waals surface area contributed by atoms with Gasteiger partial charge < -0.3 is 9.64 Å². The molecule has 0 N–H and O–H groups in total. The van der Waals surface area contributed by atoms with Gasteiger partial charge in [0.15, 0.2) is 0 Å². The van der Waals surface area contributed by atoms with Gasteiger partial charge >= 0.3 is 5.97 Å². The fraction of sp³-hybridized carbons (Fsp3) is 0.375. The Labute approximate surface area is 119 Å². The lowest BCUT2D eigenvalue weighted by Crippen LogP contribution is -2.40. The predicted molar refractivity (Wildman–Crippen MR) is 77.0 cm³/mol. The van der Waals surface area contributed by atoms with Crippen molar-refractivity contribution in [3.8, 4) is 0 Å². The van der Waals surface area contributed by atoms with E-state index in [1.807, 2.05) is 31.2 Å². The lowest BCUT2D eigenvalue weighted by molar-refractivity contribution is -0.149. The maximum absolute atomic E-state index is 12.2. The zero-order valence-corrected chi connectivity index (χ0v) is 11.8. The van der Waals surface area contributed by atoms with Crippen LogP contribution >= 0.6 is 0 Å². The summed E-state index contributed by atoms with van der Waals surface area (Å²) in [5, 5.41) is 0. The maximum atomic E-state index is 12.2. The highest BCUT2D eigenvalue weighted by molar-refractivity contribution is 5.95. The van der Waals surface area contributed by atoms with Crippen LogP contribution in [0.25, 0.3) is 6.08 Å². The van der Waals surface area contributed by atoms with Crippen molar-refractivity contribution >= 4 is 18.0 Å². The quantitative estimate of drug-likeness (QED) is 0.626. The number of carbonyl (C=O) groups is 2. The summed E-state index contributed by atoms with van der Waals surface area (Å²) < 4.78 is 4.74. The van der Waals surface area contributed by atoms with Gasteiger partial charge in [0, 0.05) is 12.6 Å². The number of likely N-dealkylation sites (tertiary alicyclic amines) is 1. The molecule has 4 heteroatoms. The van der Waals surface area contributed by atoms with E-state index in [0.717, 1.165) is 17.5 Å². The fourth-order valence-corrected chi connectivity index (χ4v) is 2.44. The summed E-state index contributed by atoms with van der Waals surface area (Å²) in [7, 11) is 1.35. The van der Waals surface area contributed by atoms with Crippen molar-refractivity contribution in [2.24, 2.45) is 0 Å². The van der Waals surface area contributed by atoms with Gasteiger partial charge in [-0.2, -0.15) is 0 Å². The number of rotatable bonds is 3. The molecule has 0 saturated carbocycles. The van der Waals surface area contributed by atoms with Crippen LogP contribution in [0.1, 0.15) is 24.0 Å². The van der Waals surface area contributed by atoms with Crippen LogP contribution in [0.4, 0.5) is 0 Å². The minimum absolute atomic E-state index is 0.138. The van der Waals surface area contributed by atoms with E-state index >= 15 is 0 Å². The summed E-state index contributed by atoms with van der Waals surface area (Å²) in [5.74, 6) is -0.471.